The molecule has 0 radical (unpaired) electrons. The van der Waals surface area contributed by atoms with Crippen molar-refractivity contribution >= 4 is 70.7 Å². The molecule has 6 amide bonds. The maximum Gasteiger partial charge on any atom is 0.229 e. The first-order chi connectivity index (χ1) is 37.0. The molecule has 3 N–H and O–H groups in total. The normalized spacial score (nSPS) is 16.2. The van der Waals surface area contributed by atoms with E-state index in [4.69, 9.17) is 0 Å². The van der Waals surface area contributed by atoms with Gasteiger partial charge >= 0.3 is 0 Å². The van der Waals surface area contributed by atoms with Crippen LogP contribution in [0.3, 0.4) is 0 Å². The highest BCUT2D eigenvalue weighted by Gasteiger charge is 2.39. The van der Waals surface area contributed by atoms with Crippen molar-refractivity contribution in [3.63, 3.8) is 0 Å². The number of anilines is 3. The third-order valence-electron chi connectivity index (χ3n) is 14.6. The quantitative estimate of drug-likeness (QED) is 0.0824. The molecule has 9 rings (SSSR count). The molecule has 3 unspecified atom stereocenters. The molecule has 1 fully saturated rings. The number of nitrogens with one attached hydrogen (secondary N) is 3. The highest BCUT2D eigenvalue weighted by Crippen LogP contribution is 2.35. The third-order valence-corrected chi connectivity index (χ3v) is 14.6. The Morgan fingerprint density at radius 1 is 0.553 bits per heavy atom. The zero-order valence-electron chi connectivity index (χ0n) is 42.8. The van der Waals surface area contributed by atoms with Crippen molar-refractivity contribution < 1.29 is 28.8 Å². The van der Waals surface area contributed by atoms with Crippen LogP contribution < -0.4 is 30.7 Å². The molecule has 0 bridgehead atoms. The Kier molecular flexibility index (Phi) is 16.8. The molecule has 3 atom stereocenters. The van der Waals surface area contributed by atoms with E-state index in [1.165, 1.54) is 0 Å². The number of hydrogen-bond acceptors (Lipinski definition) is 6. The lowest BCUT2D eigenvalue weighted by atomic mass is 9.74. The molecule has 12 heteroatoms. The topological polar surface area (TPSA) is 148 Å². The van der Waals surface area contributed by atoms with Gasteiger partial charge in [-0.15, -0.1) is 0 Å². The van der Waals surface area contributed by atoms with Gasteiger partial charge in [-0.1, -0.05) is 152 Å². The lowest BCUT2D eigenvalue weighted by Gasteiger charge is -2.33. The summed E-state index contributed by atoms with van der Waals surface area (Å²) in [6, 6.07) is 46.3. The molecular weight excluding hydrogens is 949 g/mol. The Morgan fingerprint density at radius 2 is 1.04 bits per heavy atom. The number of fused-ring (bicyclic) bond motifs is 4. The van der Waals surface area contributed by atoms with Crippen LogP contribution in [0.1, 0.15) is 88.6 Å². The van der Waals surface area contributed by atoms with Crippen molar-refractivity contribution in [2.75, 3.05) is 34.3 Å². The first-order valence-electron chi connectivity index (χ1n) is 26.1. The zero-order chi connectivity index (χ0) is 53.0. The van der Waals surface area contributed by atoms with Crippen LogP contribution in [-0.4, -0.2) is 55.1 Å². The first kappa shape index (κ1) is 52.1. The molecule has 0 saturated heterocycles. The molecule has 0 aromatic heterocycles. The summed E-state index contributed by atoms with van der Waals surface area (Å²) in [4.78, 5) is 90.0. The Balaban J connectivity index is 0.870. The number of amides is 6. The van der Waals surface area contributed by atoms with Gasteiger partial charge in [-0.05, 0) is 95.5 Å². The molecule has 6 aromatic carbocycles. The van der Waals surface area contributed by atoms with Crippen LogP contribution in [0.25, 0.3) is 18.2 Å². The molecule has 12 nitrogen and oxygen atoms in total. The summed E-state index contributed by atoms with van der Waals surface area (Å²) < 4.78 is 0. The Bertz CT molecular complexity index is 3280. The van der Waals surface area contributed by atoms with Crippen molar-refractivity contribution in [2.24, 2.45) is 17.8 Å². The van der Waals surface area contributed by atoms with E-state index in [1.54, 1.807) is 20.8 Å². The maximum atomic E-state index is 14.2. The minimum absolute atomic E-state index is 0.000336. The second-order valence-corrected chi connectivity index (χ2v) is 19.6. The van der Waals surface area contributed by atoms with E-state index in [-0.39, 0.29) is 93.6 Å². The van der Waals surface area contributed by atoms with Crippen LogP contribution in [0.2, 0.25) is 0 Å². The van der Waals surface area contributed by atoms with Crippen molar-refractivity contribution in [2.45, 2.75) is 65.1 Å². The Hall–Kier alpha value is -8.82. The van der Waals surface area contributed by atoms with Crippen molar-refractivity contribution in [3.05, 3.63) is 202 Å². The zero-order valence-corrected chi connectivity index (χ0v) is 42.8. The van der Waals surface area contributed by atoms with Crippen LogP contribution in [-0.2, 0) is 48.4 Å². The Labute approximate surface area is 444 Å². The highest BCUT2D eigenvalue weighted by molar-refractivity contribution is 5.98. The fraction of sp³-hybridized carbons (Fsp3) is 0.250. The van der Waals surface area contributed by atoms with Gasteiger partial charge in [0.15, 0.2) is 0 Å². The van der Waals surface area contributed by atoms with E-state index in [0.29, 0.717) is 25.3 Å². The van der Waals surface area contributed by atoms with E-state index in [1.807, 2.05) is 159 Å². The summed E-state index contributed by atoms with van der Waals surface area (Å²) in [5, 5.41) is 8.90. The SMILES string of the molecule is C=Cc1ccccc1CN(C(=O)CCNC(=O)C1CC(C(=O)NCCC(=O)N2Cc3ccccc3C#Cc3ccccc32)CC(C(=O)NCCC(=O)N2Cc3ccccc3C=Cc3ccccc32)C1)c1ccccc1C. The van der Waals surface area contributed by atoms with Crippen LogP contribution >= 0.6 is 0 Å². The first-order valence-corrected chi connectivity index (χ1v) is 26.1. The molecule has 2 aliphatic heterocycles. The molecule has 6 aromatic rings. The van der Waals surface area contributed by atoms with E-state index in [9.17, 15) is 28.8 Å². The molecule has 76 heavy (non-hydrogen) atoms. The van der Waals surface area contributed by atoms with Crippen molar-refractivity contribution in [1.29, 1.82) is 0 Å². The number of hydrogen-bond donors (Lipinski definition) is 3. The smallest absolute Gasteiger partial charge is 0.229 e. The van der Waals surface area contributed by atoms with Gasteiger partial charge in [0.2, 0.25) is 35.4 Å². The summed E-state index contributed by atoms with van der Waals surface area (Å²) in [5.74, 6) is 2.60. The van der Waals surface area contributed by atoms with Gasteiger partial charge in [0.05, 0.1) is 31.0 Å². The van der Waals surface area contributed by atoms with Crippen LogP contribution in [0, 0.1) is 36.5 Å². The standard InChI is InChI=1S/C64H62N6O6/c1-3-45-17-5-8-22-50(45)41-68(56-25-13-4-16-44(56)2)59(71)32-35-65-62(74)53-38-54(63(75)66-36-33-60(72)69-42-51-23-9-6-18-46(51)28-30-48-20-11-14-26-57(48)69)40-55(39-53)64(76)67-37-34-61(73)70-43-52-24-10-7-19-47(52)29-31-49-21-12-15-27-58(49)70/h3-28,30,53-55H,1,32-43H2,2H3,(H,65,74)(H,66,75)(H,67,76). The summed E-state index contributed by atoms with van der Waals surface area (Å²) in [6.45, 7) is 7.00. The number of aryl methyl sites for hydroxylation is 1. The lowest BCUT2D eigenvalue weighted by molar-refractivity contribution is -0.134. The minimum atomic E-state index is -0.741. The molecule has 1 aliphatic carbocycles. The van der Waals surface area contributed by atoms with Crippen molar-refractivity contribution in [3.8, 4) is 11.8 Å². The number of carbonyl (C=O) groups excluding carboxylic acids is 6. The molecule has 0 spiro atoms. The van der Waals surface area contributed by atoms with Crippen LogP contribution in [0.15, 0.2) is 152 Å². The predicted molar refractivity (Wildman–Crippen MR) is 299 cm³/mol. The summed E-state index contributed by atoms with van der Waals surface area (Å²) in [7, 11) is 0. The van der Waals surface area contributed by atoms with Gasteiger partial charge in [0.25, 0.3) is 0 Å². The Morgan fingerprint density at radius 3 is 1.71 bits per heavy atom. The van der Waals surface area contributed by atoms with E-state index >= 15 is 0 Å². The fourth-order valence-electron chi connectivity index (χ4n) is 10.5. The molecule has 3 aliphatic rings. The number of nitrogens with zero attached hydrogens (tertiary/aromatic N) is 3. The lowest BCUT2D eigenvalue weighted by Crippen LogP contribution is -2.46. The van der Waals surface area contributed by atoms with Crippen LogP contribution in [0.4, 0.5) is 17.1 Å². The number of carbonyl (C=O) groups is 6. The van der Waals surface area contributed by atoms with Gasteiger partial charge in [-0.25, -0.2) is 0 Å². The van der Waals surface area contributed by atoms with E-state index in [2.05, 4.69) is 40.4 Å². The average Bonchev–Trinajstić information content (AvgIpc) is 3.43. The number of benzene rings is 6. The van der Waals surface area contributed by atoms with Gasteiger partial charge in [-0.3, -0.25) is 28.8 Å². The summed E-state index contributed by atoms with van der Waals surface area (Å²) in [5.41, 5.74) is 10.4. The maximum absolute atomic E-state index is 14.2. The van der Waals surface area contributed by atoms with Crippen LogP contribution in [0.5, 0.6) is 0 Å². The average molecular weight is 1010 g/mol. The van der Waals surface area contributed by atoms with Gasteiger partial charge < -0.3 is 30.7 Å². The van der Waals surface area contributed by atoms with Gasteiger partial charge in [0.1, 0.15) is 0 Å². The molecular formula is C64H62N6O6. The summed E-state index contributed by atoms with van der Waals surface area (Å²) >= 11 is 0. The monoisotopic (exact) mass is 1010 g/mol. The molecule has 1 saturated carbocycles. The number of rotatable bonds is 16. The predicted octanol–water partition coefficient (Wildman–Crippen LogP) is 9.39. The van der Waals surface area contributed by atoms with Gasteiger partial charge in [0, 0.05) is 73.5 Å². The van der Waals surface area contributed by atoms with Crippen molar-refractivity contribution in [1.82, 2.24) is 16.0 Å². The minimum Gasteiger partial charge on any atom is -0.355 e. The van der Waals surface area contributed by atoms with E-state index in [0.717, 1.165) is 61.4 Å². The second-order valence-electron chi connectivity index (χ2n) is 19.6. The molecule has 384 valence electrons. The second kappa shape index (κ2) is 24.5. The number of para-hydroxylation sites is 3. The largest absolute Gasteiger partial charge is 0.355 e. The fourth-order valence-corrected chi connectivity index (χ4v) is 10.5. The highest BCUT2D eigenvalue weighted by atomic mass is 16.2. The summed E-state index contributed by atoms with van der Waals surface area (Å²) in [6.07, 6.45) is 6.33. The van der Waals surface area contributed by atoms with Gasteiger partial charge in [-0.2, -0.15) is 0 Å². The van der Waals surface area contributed by atoms with E-state index < -0.39 is 17.8 Å². The third kappa shape index (κ3) is 12.4. The molecule has 2 heterocycles.